The van der Waals surface area contributed by atoms with Crippen LogP contribution in [-0.4, -0.2) is 31.2 Å². The first-order valence-electron chi connectivity index (χ1n) is 10.9. The number of alkyl halides is 3. The van der Waals surface area contributed by atoms with Crippen molar-refractivity contribution in [1.82, 2.24) is 9.97 Å². The molecule has 186 valence electrons. The lowest BCUT2D eigenvalue weighted by molar-refractivity contribution is -0.137. The van der Waals surface area contributed by atoms with Crippen molar-refractivity contribution in [3.8, 4) is 0 Å². The Morgan fingerprint density at radius 2 is 1.69 bits per heavy atom. The average Bonchev–Trinajstić information content (AvgIpc) is 3.27. The summed E-state index contributed by atoms with van der Waals surface area (Å²) in [6.45, 7) is 0.774. The Balaban J connectivity index is 1.48. The lowest BCUT2D eigenvalue weighted by Gasteiger charge is -2.27. The molecule has 0 spiro atoms. The van der Waals surface area contributed by atoms with Gasteiger partial charge in [-0.05, 0) is 41.7 Å². The van der Waals surface area contributed by atoms with Gasteiger partial charge in [-0.3, -0.25) is 0 Å². The molecule has 0 radical (unpaired) electrons. The summed E-state index contributed by atoms with van der Waals surface area (Å²) in [6, 6.07) is 11.6. The highest BCUT2D eigenvalue weighted by atomic mass is 32.2. The maximum absolute atomic E-state index is 15.3. The van der Waals surface area contributed by atoms with Crippen LogP contribution in [0.3, 0.4) is 0 Å². The lowest BCUT2D eigenvalue weighted by atomic mass is 10.0. The highest BCUT2D eigenvalue weighted by molar-refractivity contribution is 7.89. The van der Waals surface area contributed by atoms with Crippen molar-refractivity contribution in [1.29, 1.82) is 0 Å². The minimum atomic E-state index is -4.42. The minimum absolute atomic E-state index is 0.00767. The van der Waals surface area contributed by atoms with Gasteiger partial charge in [0.05, 0.1) is 17.4 Å². The Morgan fingerprint density at radius 1 is 1.03 bits per heavy atom. The molecule has 1 atom stereocenters. The maximum Gasteiger partial charge on any atom is 0.416 e. The van der Waals surface area contributed by atoms with E-state index in [4.69, 9.17) is 0 Å². The molecule has 4 rings (SSSR count). The van der Waals surface area contributed by atoms with Crippen LogP contribution in [0.25, 0.3) is 0 Å². The standard InChI is InChI=1S/C24H24F4N4O2S/c1-35(33,34)14-17-6-4-16(5-7-17)13-29-22-21(25)23(31-15-30-22)32-12-2-3-20(32)18-8-10-19(11-9-18)24(26,27)28/h4-11,15,20H,2-3,12-14H2,1H3,(H,29,30,31). The third kappa shape index (κ3) is 6.08. The van der Waals surface area contributed by atoms with Crippen molar-refractivity contribution in [2.24, 2.45) is 0 Å². The summed E-state index contributed by atoms with van der Waals surface area (Å²) in [5.41, 5.74) is 1.41. The van der Waals surface area contributed by atoms with Gasteiger partial charge >= 0.3 is 6.18 Å². The zero-order chi connectivity index (χ0) is 25.2. The number of aromatic nitrogens is 2. The van der Waals surface area contributed by atoms with Crippen LogP contribution in [0.2, 0.25) is 0 Å². The summed E-state index contributed by atoms with van der Waals surface area (Å²) in [6.07, 6.45) is -0.588. The third-order valence-corrected chi connectivity index (χ3v) is 6.69. The predicted molar refractivity (Wildman–Crippen MR) is 125 cm³/mol. The van der Waals surface area contributed by atoms with Gasteiger partial charge in [-0.25, -0.2) is 18.4 Å². The van der Waals surface area contributed by atoms with Gasteiger partial charge in [-0.15, -0.1) is 0 Å². The summed E-state index contributed by atoms with van der Waals surface area (Å²) >= 11 is 0. The molecule has 3 aromatic rings. The number of rotatable bonds is 7. The van der Waals surface area contributed by atoms with Crippen molar-refractivity contribution >= 4 is 21.5 Å². The lowest BCUT2D eigenvalue weighted by Crippen LogP contribution is -2.25. The maximum atomic E-state index is 15.3. The second-order valence-corrected chi connectivity index (χ2v) is 10.7. The van der Waals surface area contributed by atoms with Crippen LogP contribution >= 0.6 is 0 Å². The Labute approximate surface area is 200 Å². The van der Waals surface area contributed by atoms with Crippen LogP contribution in [-0.2, 0) is 28.3 Å². The van der Waals surface area contributed by atoms with Crippen LogP contribution < -0.4 is 10.2 Å². The third-order valence-electron chi connectivity index (χ3n) is 5.83. The molecule has 1 aliphatic rings. The van der Waals surface area contributed by atoms with Gasteiger partial charge in [-0.1, -0.05) is 36.4 Å². The average molecular weight is 509 g/mol. The fraction of sp³-hybridized carbons (Fsp3) is 0.333. The first-order valence-corrected chi connectivity index (χ1v) is 13.0. The number of nitrogens with one attached hydrogen (secondary N) is 1. The topological polar surface area (TPSA) is 75.2 Å². The highest BCUT2D eigenvalue weighted by Crippen LogP contribution is 2.38. The van der Waals surface area contributed by atoms with Crippen LogP contribution in [0.5, 0.6) is 0 Å². The van der Waals surface area contributed by atoms with Crippen LogP contribution in [0.15, 0.2) is 54.9 Å². The molecule has 1 fully saturated rings. The molecule has 1 aromatic heterocycles. The zero-order valence-electron chi connectivity index (χ0n) is 18.9. The SMILES string of the molecule is CS(=O)(=O)Cc1ccc(CNc2ncnc(N3CCCC3c3ccc(C(F)(F)F)cc3)c2F)cc1. The number of sulfone groups is 1. The van der Waals surface area contributed by atoms with E-state index in [2.05, 4.69) is 15.3 Å². The van der Waals surface area contributed by atoms with Crippen LogP contribution in [0, 0.1) is 5.82 Å². The van der Waals surface area contributed by atoms with E-state index in [0.717, 1.165) is 24.1 Å². The molecule has 6 nitrogen and oxygen atoms in total. The first-order chi connectivity index (χ1) is 16.5. The number of halogens is 4. The molecule has 0 amide bonds. The molecule has 2 heterocycles. The van der Waals surface area contributed by atoms with Gasteiger partial charge in [-0.2, -0.15) is 17.6 Å². The number of nitrogens with zero attached hydrogens (tertiary/aromatic N) is 3. The van der Waals surface area contributed by atoms with Crippen molar-refractivity contribution in [2.45, 2.75) is 37.4 Å². The number of anilines is 2. The molecule has 1 aliphatic heterocycles. The first kappa shape index (κ1) is 24.9. The van der Waals surface area contributed by atoms with E-state index in [1.165, 1.54) is 24.7 Å². The number of hydrogen-bond acceptors (Lipinski definition) is 6. The molecular formula is C24H24F4N4O2S. The summed E-state index contributed by atoms with van der Waals surface area (Å²) in [4.78, 5) is 9.87. The summed E-state index contributed by atoms with van der Waals surface area (Å²) < 4.78 is 76.9. The van der Waals surface area contributed by atoms with Crippen molar-refractivity contribution in [2.75, 3.05) is 23.0 Å². The minimum Gasteiger partial charge on any atom is -0.363 e. The summed E-state index contributed by atoms with van der Waals surface area (Å²) in [7, 11) is -3.13. The Bertz CT molecular complexity index is 1280. The molecule has 0 aliphatic carbocycles. The van der Waals surface area contributed by atoms with E-state index in [9.17, 15) is 21.6 Å². The van der Waals surface area contributed by atoms with Gasteiger partial charge in [0, 0.05) is 19.3 Å². The van der Waals surface area contributed by atoms with Gasteiger partial charge < -0.3 is 10.2 Å². The normalized spacial score (nSPS) is 16.5. The monoisotopic (exact) mass is 508 g/mol. The second-order valence-electron chi connectivity index (χ2n) is 8.57. The van der Waals surface area contributed by atoms with Crippen molar-refractivity contribution < 1.29 is 26.0 Å². The number of hydrogen-bond donors (Lipinski definition) is 1. The molecule has 2 aromatic carbocycles. The van der Waals surface area contributed by atoms with Gasteiger partial charge in [0.25, 0.3) is 0 Å². The second kappa shape index (κ2) is 9.80. The predicted octanol–water partition coefficient (Wildman–Crippen LogP) is 5.13. The Hall–Kier alpha value is -3.21. The van der Waals surface area contributed by atoms with E-state index in [1.54, 1.807) is 29.2 Å². The zero-order valence-corrected chi connectivity index (χ0v) is 19.7. The van der Waals surface area contributed by atoms with E-state index in [1.807, 2.05) is 0 Å². The van der Waals surface area contributed by atoms with Crippen LogP contribution in [0.4, 0.5) is 29.2 Å². The quantitative estimate of drug-likeness (QED) is 0.446. The smallest absolute Gasteiger partial charge is 0.363 e. The van der Waals surface area contributed by atoms with E-state index < -0.39 is 27.4 Å². The molecule has 11 heteroatoms. The fourth-order valence-corrected chi connectivity index (χ4v) is 4.98. The molecule has 0 bridgehead atoms. The summed E-state index contributed by atoms with van der Waals surface area (Å²) in [5.74, 6) is -0.595. The highest BCUT2D eigenvalue weighted by Gasteiger charge is 2.33. The van der Waals surface area contributed by atoms with E-state index in [0.29, 0.717) is 24.1 Å². The van der Waals surface area contributed by atoms with Crippen LogP contribution in [0.1, 0.15) is 41.1 Å². The van der Waals surface area contributed by atoms with Gasteiger partial charge in [0.2, 0.25) is 5.82 Å². The van der Waals surface area contributed by atoms with Gasteiger partial charge in [0.15, 0.2) is 21.5 Å². The molecule has 35 heavy (non-hydrogen) atoms. The van der Waals surface area contributed by atoms with E-state index >= 15 is 4.39 Å². The Kier molecular flexibility index (Phi) is 6.98. The molecular weight excluding hydrogens is 484 g/mol. The van der Waals surface area contributed by atoms with Crippen molar-refractivity contribution in [3.05, 3.63) is 82.9 Å². The summed E-state index contributed by atoms with van der Waals surface area (Å²) in [5, 5.41) is 2.94. The number of benzene rings is 2. The van der Waals surface area contributed by atoms with E-state index in [-0.39, 0.29) is 30.0 Å². The Morgan fingerprint density at radius 3 is 2.31 bits per heavy atom. The largest absolute Gasteiger partial charge is 0.416 e. The van der Waals surface area contributed by atoms with Crippen molar-refractivity contribution in [3.63, 3.8) is 0 Å². The van der Waals surface area contributed by atoms with Gasteiger partial charge in [0.1, 0.15) is 6.33 Å². The molecule has 1 unspecified atom stereocenters. The molecule has 1 saturated heterocycles. The fourth-order valence-electron chi connectivity index (χ4n) is 4.19. The molecule has 1 N–H and O–H groups in total. The molecule has 0 saturated carbocycles.